The van der Waals surface area contributed by atoms with Crippen LogP contribution in [0.4, 0.5) is 15.8 Å². The second kappa shape index (κ2) is 9.52. The van der Waals surface area contributed by atoms with Crippen LogP contribution in [-0.2, 0) is 16.4 Å². The van der Waals surface area contributed by atoms with Gasteiger partial charge in [0.05, 0.1) is 24.6 Å². The number of halogens is 1. The van der Waals surface area contributed by atoms with Crippen molar-refractivity contribution in [3.05, 3.63) is 71.3 Å². The van der Waals surface area contributed by atoms with Crippen LogP contribution in [0.2, 0.25) is 0 Å². The predicted molar refractivity (Wildman–Crippen MR) is 117 cm³/mol. The van der Waals surface area contributed by atoms with Crippen LogP contribution in [0.3, 0.4) is 0 Å². The van der Waals surface area contributed by atoms with Crippen LogP contribution >= 0.6 is 0 Å². The zero-order valence-electron chi connectivity index (χ0n) is 17.2. The largest absolute Gasteiger partial charge is 0.481 e. The molecule has 3 aromatic rings. The summed E-state index contributed by atoms with van der Waals surface area (Å²) in [4.78, 5) is 20.7. The summed E-state index contributed by atoms with van der Waals surface area (Å²) < 4.78 is 41.8. The maximum atomic E-state index is 13.1. The Hall–Kier alpha value is -3.86. The van der Waals surface area contributed by atoms with Gasteiger partial charge in [0.25, 0.3) is 5.91 Å². The number of sulfone groups is 1. The van der Waals surface area contributed by atoms with E-state index in [0.717, 1.165) is 12.5 Å². The van der Waals surface area contributed by atoms with Gasteiger partial charge in [0.15, 0.2) is 14.9 Å². The third-order valence-corrected chi connectivity index (χ3v) is 5.35. The van der Waals surface area contributed by atoms with Crippen LogP contribution in [0.5, 0.6) is 5.88 Å². The predicted octanol–water partition coefficient (Wildman–Crippen LogP) is 2.70. The summed E-state index contributed by atoms with van der Waals surface area (Å²) in [6.45, 7) is -0.00666. The van der Waals surface area contributed by atoms with Gasteiger partial charge in [0.1, 0.15) is 5.82 Å². The van der Waals surface area contributed by atoms with E-state index in [2.05, 4.69) is 20.6 Å². The van der Waals surface area contributed by atoms with Gasteiger partial charge in [-0.25, -0.2) is 17.8 Å². The molecule has 0 bridgehead atoms. The molecule has 3 N–H and O–H groups in total. The van der Waals surface area contributed by atoms with E-state index in [4.69, 9.17) is 10.1 Å². The van der Waals surface area contributed by atoms with Crippen molar-refractivity contribution < 1.29 is 22.3 Å². The summed E-state index contributed by atoms with van der Waals surface area (Å²) in [5.74, 6) is -0.805. The maximum absolute atomic E-state index is 13.1. The van der Waals surface area contributed by atoms with E-state index in [-0.39, 0.29) is 34.4 Å². The van der Waals surface area contributed by atoms with Gasteiger partial charge in [0, 0.05) is 42.5 Å². The summed E-state index contributed by atoms with van der Waals surface area (Å²) in [6.07, 6.45) is 4.81. The first-order valence-electron chi connectivity index (χ1n) is 9.25. The minimum Gasteiger partial charge on any atom is -0.481 e. The number of nitrogens with zero attached hydrogens (tertiary/aromatic N) is 2. The Morgan fingerprint density at radius 1 is 1.22 bits per heavy atom. The zero-order valence-corrected chi connectivity index (χ0v) is 18.0. The molecule has 0 aliphatic carbocycles. The van der Waals surface area contributed by atoms with E-state index in [1.807, 2.05) is 0 Å². The number of methoxy groups -OCH3 is 1. The van der Waals surface area contributed by atoms with Gasteiger partial charge in [-0.3, -0.25) is 9.78 Å². The lowest BCUT2D eigenvalue weighted by atomic mass is 10.1. The third-order valence-electron chi connectivity index (χ3n) is 4.38. The number of nitrogens with one attached hydrogen (secondary N) is 3. The molecule has 32 heavy (non-hydrogen) atoms. The molecule has 0 aliphatic heterocycles. The second-order valence-electron chi connectivity index (χ2n) is 6.74. The number of rotatable bonds is 8. The lowest BCUT2D eigenvalue weighted by Crippen LogP contribution is -2.25. The summed E-state index contributed by atoms with van der Waals surface area (Å²) in [6, 6.07) is 8.46. The SMILES string of the molecule is COc1cc(CNC(=O)c2cncc(Nc3ccc(F)cc3)c2C=N)cc(S(C)(=O)=O)n1. The molecule has 11 heteroatoms. The maximum Gasteiger partial charge on any atom is 0.253 e. The number of benzene rings is 1. The highest BCUT2D eigenvalue weighted by atomic mass is 32.2. The van der Waals surface area contributed by atoms with E-state index >= 15 is 0 Å². The molecule has 3 rings (SSSR count). The van der Waals surface area contributed by atoms with E-state index < -0.39 is 15.7 Å². The molecule has 0 saturated carbocycles. The third kappa shape index (κ3) is 5.43. The first-order chi connectivity index (χ1) is 15.2. The van der Waals surface area contributed by atoms with E-state index in [9.17, 15) is 17.6 Å². The van der Waals surface area contributed by atoms with Crippen LogP contribution in [-0.4, -0.2) is 43.9 Å². The molecule has 1 aromatic carbocycles. The number of ether oxygens (including phenoxy) is 1. The highest BCUT2D eigenvalue weighted by molar-refractivity contribution is 7.90. The quantitative estimate of drug-likeness (QED) is 0.443. The molecule has 0 atom stereocenters. The van der Waals surface area contributed by atoms with E-state index in [1.165, 1.54) is 55.9 Å². The van der Waals surface area contributed by atoms with E-state index in [0.29, 0.717) is 16.9 Å². The van der Waals surface area contributed by atoms with Crippen molar-refractivity contribution in [1.29, 1.82) is 5.41 Å². The normalized spacial score (nSPS) is 11.0. The van der Waals surface area contributed by atoms with E-state index in [1.54, 1.807) is 0 Å². The van der Waals surface area contributed by atoms with Crippen LogP contribution in [0.1, 0.15) is 21.5 Å². The molecule has 1 amide bonds. The van der Waals surface area contributed by atoms with Gasteiger partial charge in [-0.1, -0.05) is 0 Å². The van der Waals surface area contributed by atoms with Crippen molar-refractivity contribution in [3.8, 4) is 5.88 Å². The summed E-state index contributed by atoms with van der Waals surface area (Å²) in [7, 11) is -2.21. The molecule has 166 valence electrons. The fourth-order valence-electron chi connectivity index (χ4n) is 2.80. The fraction of sp³-hybridized carbons (Fsp3) is 0.143. The van der Waals surface area contributed by atoms with Crippen molar-refractivity contribution in [2.45, 2.75) is 11.6 Å². The van der Waals surface area contributed by atoms with Crippen LogP contribution < -0.4 is 15.4 Å². The number of anilines is 2. The van der Waals surface area contributed by atoms with Crippen molar-refractivity contribution in [1.82, 2.24) is 15.3 Å². The highest BCUT2D eigenvalue weighted by Crippen LogP contribution is 2.22. The molecule has 2 heterocycles. The molecule has 0 saturated heterocycles. The molecule has 0 aliphatic rings. The monoisotopic (exact) mass is 457 g/mol. The minimum absolute atomic E-state index is 0.00666. The fourth-order valence-corrected chi connectivity index (χ4v) is 3.42. The van der Waals surface area contributed by atoms with Gasteiger partial charge in [-0.05, 0) is 35.9 Å². The summed E-state index contributed by atoms with van der Waals surface area (Å²) >= 11 is 0. The molecular formula is C21H20FN5O4S. The minimum atomic E-state index is -3.57. The Labute approximate surface area is 184 Å². The molecule has 2 aromatic heterocycles. The number of carbonyl (C=O) groups is 1. The zero-order chi connectivity index (χ0) is 23.3. The van der Waals surface area contributed by atoms with Crippen molar-refractivity contribution in [3.63, 3.8) is 0 Å². The molecule has 0 radical (unpaired) electrons. The average Bonchev–Trinajstić information content (AvgIpc) is 2.78. The molecule has 0 spiro atoms. The van der Waals surface area contributed by atoms with Gasteiger partial charge in [-0.15, -0.1) is 0 Å². The molecule has 0 fully saturated rings. The number of aromatic nitrogens is 2. The summed E-state index contributed by atoms with van der Waals surface area (Å²) in [5.41, 5.74) is 1.84. The Kier molecular flexibility index (Phi) is 6.79. The van der Waals surface area contributed by atoms with Crippen molar-refractivity contribution >= 4 is 33.3 Å². The van der Waals surface area contributed by atoms with Crippen molar-refractivity contribution in [2.24, 2.45) is 0 Å². The number of hydrogen-bond acceptors (Lipinski definition) is 8. The number of amides is 1. The van der Waals surface area contributed by atoms with Crippen LogP contribution in [0.25, 0.3) is 0 Å². The van der Waals surface area contributed by atoms with Gasteiger partial charge in [0.2, 0.25) is 5.88 Å². The Morgan fingerprint density at radius 3 is 2.56 bits per heavy atom. The standard InChI is InChI=1S/C21H20FN5O4S/c1-31-19-7-13(8-20(27-19)32(2,29)30)10-25-21(28)17-11-24-12-18(16(17)9-23)26-15-5-3-14(22)4-6-15/h3-9,11-12,23,26H,10H2,1-2H3,(H,25,28). The average molecular weight is 457 g/mol. The van der Waals surface area contributed by atoms with Gasteiger partial charge >= 0.3 is 0 Å². The highest BCUT2D eigenvalue weighted by Gasteiger charge is 2.16. The Bertz CT molecular complexity index is 1260. The second-order valence-corrected chi connectivity index (χ2v) is 8.70. The first-order valence-corrected chi connectivity index (χ1v) is 11.1. The van der Waals surface area contributed by atoms with Crippen molar-refractivity contribution in [2.75, 3.05) is 18.7 Å². The number of carbonyl (C=O) groups excluding carboxylic acids is 1. The Balaban J connectivity index is 1.82. The topological polar surface area (TPSA) is 134 Å². The summed E-state index contributed by atoms with van der Waals surface area (Å²) in [5, 5.41) is 13.3. The first kappa shape index (κ1) is 22.8. The van der Waals surface area contributed by atoms with Crippen LogP contribution in [0, 0.1) is 11.2 Å². The van der Waals surface area contributed by atoms with Gasteiger partial charge < -0.3 is 20.8 Å². The lowest BCUT2D eigenvalue weighted by Gasteiger charge is -2.13. The smallest absolute Gasteiger partial charge is 0.253 e. The lowest BCUT2D eigenvalue weighted by molar-refractivity contribution is 0.0950. The number of pyridine rings is 2. The molecular weight excluding hydrogens is 437 g/mol. The molecule has 9 nitrogen and oxygen atoms in total. The Morgan fingerprint density at radius 2 is 1.94 bits per heavy atom. The van der Waals surface area contributed by atoms with Crippen LogP contribution in [0.15, 0.2) is 53.8 Å². The molecule has 0 unspecified atom stereocenters. The van der Waals surface area contributed by atoms with Gasteiger partial charge in [-0.2, -0.15) is 0 Å². The number of hydrogen-bond donors (Lipinski definition) is 3.